The molecule has 3 aromatic carbocycles. The van der Waals surface area contributed by atoms with Gasteiger partial charge in [-0.05, 0) is 43.2 Å². The topological polar surface area (TPSA) is 57.1 Å². The van der Waals surface area contributed by atoms with Gasteiger partial charge in [-0.1, -0.05) is 76.9 Å². The van der Waals surface area contributed by atoms with Gasteiger partial charge in [0.05, 0.1) is 17.2 Å². The molecule has 0 aliphatic carbocycles. The Hall–Kier alpha value is -3.57. The van der Waals surface area contributed by atoms with E-state index in [1.165, 1.54) is 5.56 Å². The maximum Gasteiger partial charge on any atom is 0.368 e. The summed E-state index contributed by atoms with van der Waals surface area (Å²) in [5, 5.41) is 4.33. The highest BCUT2D eigenvalue weighted by Crippen LogP contribution is 2.38. The van der Waals surface area contributed by atoms with Crippen LogP contribution in [0.15, 0.2) is 77.5 Å². The molecule has 0 saturated heterocycles. The van der Waals surface area contributed by atoms with Gasteiger partial charge >= 0.3 is 5.97 Å². The van der Waals surface area contributed by atoms with Crippen LogP contribution < -0.4 is 9.47 Å². The average molecular weight is 448 g/mol. The molecule has 5 nitrogen and oxygen atoms in total. The highest BCUT2D eigenvalue weighted by molar-refractivity contribution is 6.33. The molecule has 0 radical (unpaired) electrons. The lowest BCUT2D eigenvalue weighted by Crippen LogP contribution is -2.07. The van der Waals surface area contributed by atoms with Crippen LogP contribution in [0.4, 0.5) is 0 Å². The van der Waals surface area contributed by atoms with E-state index >= 15 is 0 Å². The van der Waals surface area contributed by atoms with Crippen molar-refractivity contribution in [1.82, 2.24) is 0 Å². The molecule has 0 amide bonds. The fourth-order valence-electron chi connectivity index (χ4n) is 3.29. The first kappa shape index (κ1) is 21.7. The molecule has 4 rings (SSSR count). The van der Waals surface area contributed by atoms with Crippen LogP contribution >= 0.6 is 11.6 Å². The third-order valence-electron chi connectivity index (χ3n) is 4.89. The van der Waals surface area contributed by atoms with Gasteiger partial charge in [-0.3, -0.25) is 0 Å². The Labute approximate surface area is 191 Å². The summed E-state index contributed by atoms with van der Waals surface area (Å²) >= 11 is 6.56. The predicted molar refractivity (Wildman–Crippen MR) is 125 cm³/mol. The number of carbonyl (C=O) groups excluding carboxylic acids is 1. The van der Waals surface area contributed by atoms with Crippen molar-refractivity contribution in [1.29, 1.82) is 0 Å². The zero-order valence-corrected chi connectivity index (χ0v) is 18.6. The van der Waals surface area contributed by atoms with Crippen LogP contribution in [0.2, 0.25) is 5.02 Å². The number of hydrogen-bond acceptors (Lipinski definition) is 5. The largest absolute Gasteiger partial charge is 0.490 e. The molecule has 0 atom stereocenters. The minimum absolute atomic E-state index is 0.350. The van der Waals surface area contributed by atoms with Gasteiger partial charge in [0.15, 0.2) is 11.5 Å². The minimum Gasteiger partial charge on any atom is -0.490 e. The molecule has 0 bridgehead atoms. The third-order valence-corrected chi connectivity index (χ3v) is 5.17. The van der Waals surface area contributed by atoms with Crippen LogP contribution in [-0.4, -0.2) is 18.3 Å². The normalized spacial score (nSPS) is 14.3. The molecule has 1 heterocycles. The summed E-state index contributed by atoms with van der Waals surface area (Å²) in [5.41, 5.74) is 4.51. The van der Waals surface area contributed by atoms with Crippen molar-refractivity contribution in [2.45, 2.75) is 20.5 Å². The number of benzene rings is 3. The number of halogens is 1. The summed E-state index contributed by atoms with van der Waals surface area (Å²) < 4.78 is 11.8. The van der Waals surface area contributed by atoms with E-state index in [1.54, 1.807) is 18.2 Å². The second-order valence-electron chi connectivity index (χ2n) is 7.28. The second-order valence-corrected chi connectivity index (χ2v) is 7.69. The van der Waals surface area contributed by atoms with E-state index in [1.807, 2.05) is 68.4 Å². The first-order valence-corrected chi connectivity index (χ1v) is 10.6. The Bertz CT molecular complexity index is 1180. The number of ether oxygens (including phenoxy) is 2. The molecular weight excluding hydrogens is 426 g/mol. The molecule has 0 fully saturated rings. The standard InChI is InChI=1S/C26H22ClNO4/c1-3-30-23-15-19(13-21-24(28-32-26(21)29)20-7-5-4-6-8-20)14-22(27)25(23)31-16-18-11-9-17(2)10-12-18/h4-15H,3,16H2,1-2H3/b21-13-. The van der Waals surface area contributed by atoms with Gasteiger partial charge in [-0.25, -0.2) is 4.79 Å². The quantitative estimate of drug-likeness (QED) is 0.330. The van der Waals surface area contributed by atoms with E-state index in [0.717, 1.165) is 11.1 Å². The van der Waals surface area contributed by atoms with Crippen molar-refractivity contribution in [2.75, 3.05) is 6.61 Å². The van der Waals surface area contributed by atoms with Gasteiger partial charge in [-0.15, -0.1) is 0 Å². The molecule has 0 spiro atoms. The Balaban J connectivity index is 1.64. The average Bonchev–Trinajstić information content (AvgIpc) is 3.15. The maximum absolute atomic E-state index is 12.3. The lowest BCUT2D eigenvalue weighted by molar-refractivity contribution is -0.136. The second kappa shape index (κ2) is 9.71. The molecule has 0 N–H and O–H groups in total. The van der Waals surface area contributed by atoms with Crippen LogP contribution in [0, 0.1) is 6.92 Å². The highest BCUT2D eigenvalue weighted by atomic mass is 35.5. The van der Waals surface area contributed by atoms with E-state index in [-0.39, 0.29) is 0 Å². The molecule has 32 heavy (non-hydrogen) atoms. The lowest BCUT2D eigenvalue weighted by atomic mass is 10.0. The number of nitrogens with zero attached hydrogens (tertiary/aromatic N) is 1. The third kappa shape index (κ3) is 4.84. The molecule has 0 saturated carbocycles. The Morgan fingerprint density at radius 3 is 2.50 bits per heavy atom. The van der Waals surface area contributed by atoms with Gasteiger partial charge in [0.25, 0.3) is 0 Å². The van der Waals surface area contributed by atoms with E-state index in [9.17, 15) is 4.79 Å². The predicted octanol–water partition coefficient (Wildman–Crippen LogP) is 5.97. The van der Waals surface area contributed by atoms with Gasteiger partial charge in [-0.2, -0.15) is 0 Å². The molecule has 1 aliphatic rings. The number of rotatable bonds is 7. The van der Waals surface area contributed by atoms with Crippen molar-refractivity contribution < 1.29 is 19.1 Å². The SMILES string of the molecule is CCOc1cc(/C=C2\C(=O)ON=C2c2ccccc2)cc(Cl)c1OCc1ccc(C)cc1. The lowest BCUT2D eigenvalue weighted by Gasteiger charge is -2.15. The first-order valence-electron chi connectivity index (χ1n) is 10.3. The summed E-state index contributed by atoms with van der Waals surface area (Å²) in [5.74, 6) is 0.448. The maximum atomic E-state index is 12.3. The summed E-state index contributed by atoms with van der Waals surface area (Å²) in [7, 11) is 0. The Morgan fingerprint density at radius 1 is 1.03 bits per heavy atom. The van der Waals surface area contributed by atoms with Crippen LogP contribution in [-0.2, 0) is 16.2 Å². The van der Waals surface area contributed by atoms with Gasteiger partial charge in [0.1, 0.15) is 12.3 Å². The summed E-state index contributed by atoms with van der Waals surface area (Å²) in [6.45, 7) is 4.72. The van der Waals surface area contributed by atoms with Crippen molar-refractivity contribution >= 4 is 29.4 Å². The minimum atomic E-state index is -0.516. The van der Waals surface area contributed by atoms with E-state index in [4.69, 9.17) is 25.9 Å². The number of hydrogen-bond donors (Lipinski definition) is 0. The Kier molecular flexibility index (Phi) is 6.57. The van der Waals surface area contributed by atoms with E-state index in [2.05, 4.69) is 5.16 Å². The van der Waals surface area contributed by atoms with Crippen molar-refractivity contribution in [3.63, 3.8) is 0 Å². The molecule has 0 unspecified atom stereocenters. The number of oxime groups is 1. The van der Waals surface area contributed by atoms with Crippen LogP contribution in [0.25, 0.3) is 6.08 Å². The van der Waals surface area contributed by atoms with E-state index < -0.39 is 5.97 Å². The zero-order valence-electron chi connectivity index (χ0n) is 17.8. The monoisotopic (exact) mass is 447 g/mol. The van der Waals surface area contributed by atoms with Gasteiger partial charge in [0, 0.05) is 5.56 Å². The summed E-state index contributed by atoms with van der Waals surface area (Å²) in [4.78, 5) is 17.2. The van der Waals surface area contributed by atoms with Gasteiger partial charge < -0.3 is 14.3 Å². The van der Waals surface area contributed by atoms with Crippen molar-refractivity contribution in [2.24, 2.45) is 5.16 Å². The number of aryl methyl sites for hydroxylation is 1. The molecule has 3 aromatic rings. The zero-order chi connectivity index (χ0) is 22.5. The van der Waals surface area contributed by atoms with Crippen LogP contribution in [0.1, 0.15) is 29.2 Å². The van der Waals surface area contributed by atoms with Crippen molar-refractivity contribution in [3.8, 4) is 11.5 Å². The Morgan fingerprint density at radius 2 is 1.78 bits per heavy atom. The summed E-state index contributed by atoms with van der Waals surface area (Å²) in [6.07, 6.45) is 1.69. The summed E-state index contributed by atoms with van der Waals surface area (Å²) in [6, 6.07) is 21.0. The van der Waals surface area contributed by atoms with Crippen molar-refractivity contribution in [3.05, 3.63) is 99.6 Å². The molecule has 0 aromatic heterocycles. The fraction of sp³-hybridized carbons (Fsp3) is 0.154. The first-order chi connectivity index (χ1) is 15.5. The smallest absolute Gasteiger partial charge is 0.368 e. The molecular formula is C26H22ClNO4. The molecule has 1 aliphatic heterocycles. The number of carbonyl (C=O) groups is 1. The van der Waals surface area contributed by atoms with E-state index in [0.29, 0.717) is 46.6 Å². The van der Waals surface area contributed by atoms with Crippen LogP contribution in [0.3, 0.4) is 0 Å². The molecule has 162 valence electrons. The fourth-order valence-corrected chi connectivity index (χ4v) is 3.57. The highest BCUT2D eigenvalue weighted by Gasteiger charge is 2.27. The van der Waals surface area contributed by atoms with Gasteiger partial charge in [0.2, 0.25) is 0 Å². The van der Waals surface area contributed by atoms with Crippen LogP contribution in [0.5, 0.6) is 11.5 Å². The molecule has 6 heteroatoms.